The smallest absolute Gasteiger partial charge is 0.358 e. The summed E-state index contributed by atoms with van der Waals surface area (Å²) in [6, 6.07) is 8.80. The fourth-order valence-corrected chi connectivity index (χ4v) is 6.98. The van der Waals surface area contributed by atoms with Crippen molar-refractivity contribution in [1.29, 1.82) is 0 Å². The number of nitrogens with zero attached hydrogens (tertiary/aromatic N) is 12. The van der Waals surface area contributed by atoms with Gasteiger partial charge in [-0.05, 0) is 78.1 Å². The van der Waals surface area contributed by atoms with E-state index in [-0.39, 0.29) is 55.0 Å². The van der Waals surface area contributed by atoms with Gasteiger partial charge in [0.2, 0.25) is 11.9 Å². The van der Waals surface area contributed by atoms with Crippen LogP contribution in [0.1, 0.15) is 93.1 Å². The lowest BCUT2D eigenvalue weighted by molar-refractivity contribution is 0.0690. The topological polar surface area (TPSA) is 168 Å². The molecule has 0 unspecified atom stereocenters. The molecule has 19 heteroatoms. The van der Waals surface area contributed by atoms with Gasteiger partial charge in [0.05, 0.1) is 53.4 Å². The largest absolute Gasteiger partial charge is 0.476 e. The van der Waals surface area contributed by atoms with Crippen molar-refractivity contribution in [1.82, 2.24) is 58.1 Å². The minimum Gasteiger partial charge on any atom is -0.476 e. The molecule has 8 aromatic heterocycles. The second-order valence-electron chi connectivity index (χ2n) is 13.9. The summed E-state index contributed by atoms with van der Waals surface area (Å²) in [7, 11) is 0. The summed E-state index contributed by atoms with van der Waals surface area (Å²) in [5.74, 6) is -1.70. The molecule has 0 atom stereocenters. The van der Waals surface area contributed by atoms with Crippen LogP contribution >= 0.6 is 15.9 Å². The summed E-state index contributed by atoms with van der Waals surface area (Å²) in [5, 5.41) is 24.1. The summed E-state index contributed by atoms with van der Waals surface area (Å²) >= 11 is 3.18. The monoisotopic (exact) mass is 826 g/mol. The molecule has 2 aliphatic rings. The van der Waals surface area contributed by atoms with Gasteiger partial charge in [-0.2, -0.15) is 8.78 Å². The Kier molecular flexibility index (Phi) is 8.94. The lowest BCUT2D eigenvalue weighted by Gasteiger charge is -2.02. The van der Waals surface area contributed by atoms with Crippen LogP contribution in [0.4, 0.5) is 13.2 Å². The van der Waals surface area contributed by atoms with Gasteiger partial charge in [0, 0.05) is 36.1 Å². The first kappa shape index (κ1) is 35.5. The molecule has 0 radical (unpaired) electrons. The third kappa shape index (κ3) is 6.93. The van der Waals surface area contributed by atoms with Gasteiger partial charge in [-0.25, -0.2) is 33.5 Å². The fourth-order valence-electron chi connectivity index (χ4n) is 6.67. The van der Waals surface area contributed by atoms with Crippen LogP contribution in [0.25, 0.3) is 16.8 Å². The van der Waals surface area contributed by atoms with E-state index in [4.69, 9.17) is 5.11 Å². The average Bonchev–Trinajstić information content (AvgIpc) is 3.87. The standard InChI is InChI=1S/C23H18BrF2N7O.C14H12FN5O2/c24-16-7-8-31-12-27-17(22(31)21(16)25)4-5-19(34)18-11-32(30-29-18)9-14-10-33-20(28-14)6-3-15(23(33)26)13-1-2-13;15-13-10(8-1-2-8)3-4-12-16-9(6-20(12)13)5-19-7-11(14(21)22)17-18-19/h3,6-8,10-13H,1-2,4-5,9H2;3-4,6-8H,1-2,5H2,(H,21,22). The van der Waals surface area contributed by atoms with Gasteiger partial charge in [0.1, 0.15) is 22.5 Å². The number of rotatable bonds is 11. The highest BCUT2D eigenvalue weighted by atomic mass is 79.9. The molecule has 0 spiro atoms. The van der Waals surface area contributed by atoms with E-state index in [1.165, 1.54) is 30.7 Å². The second kappa shape index (κ2) is 14.1. The third-order valence-corrected chi connectivity index (χ3v) is 10.4. The molecule has 0 saturated heterocycles. The third-order valence-electron chi connectivity index (χ3n) is 9.81. The molecule has 10 rings (SSSR count). The maximum atomic E-state index is 14.8. The highest BCUT2D eigenvalue weighted by Gasteiger charge is 2.29. The number of hydrogen-bond donors (Lipinski definition) is 1. The number of halogens is 4. The van der Waals surface area contributed by atoms with Gasteiger partial charge >= 0.3 is 5.97 Å². The Bertz CT molecular complexity index is 2810. The number of fused-ring (bicyclic) bond motifs is 3. The first-order chi connectivity index (χ1) is 27.1. The molecule has 56 heavy (non-hydrogen) atoms. The maximum Gasteiger partial charge on any atom is 0.358 e. The summed E-state index contributed by atoms with van der Waals surface area (Å²) in [4.78, 5) is 36.5. The highest BCUT2D eigenvalue weighted by Crippen LogP contribution is 2.42. The molecule has 0 aliphatic heterocycles. The molecule has 2 saturated carbocycles. The first-order valence-electron chi connectivity index (χ1n) is 17.8. The second-order valence-corrected chi connectivity index (χ2v) is 14.7. The number of Topliss-reactive ketones (excluding diaryl/α,β-unsaturated/α-hetero) is 1. The van der Waals surface area contributed by atoms with Crippen molar-refractivity contribution in [2.75, 3.05) is 0 Å². The van der Waals surface area contributed by atoms with Crippen LogP contribution in [-0.2, 0) is 19.5 Å². The highest BCUT2D eigenvalue weighted by molar-refractivity contribution is 9.10. The predicted molar refractivity (Wildman–Crippen MR) is 195 cm³/mol. The molecular formula is C37H30BrF3N12O3. The quantitative estimate of drug-likeness (QED) is 0.120. The Morgan fingerprint density at radius 2 is 1.32 bits per heavy atom. The molecule has 2 aliphatic carbocycles. The number of pyridine rings is 3. The molecule has 0 bridgehead atoms. The minimum absolute atomic E-state index is 0.112. The van der Waals surface area contributed by atoms with Crippen molar-refractivity contribution in [2.24, 2.45) is 0 Å². The van der Waals surface area contributed by atoms with E-state index in [2.05, 4.69) is 51.5 Å². The van der Waals surface area contributed by atoms with Crippen molar-refractivity contribution < 1.29 is 27.9 Å². The number of carbonyl (C=O) groups is 2. The van der Waals surface area contributed by atoms with Crippen LogP contribution in [0.15, 0.2) is 72.1 Å². The fraction of sp³-hybridized carbons (Fsp3) is 0.270. The van der Waals surface area contributed by atoms with Crippen molar-refractivity contribution in [2.45, 2.75) is 63.5 Å². The summed E-state index contributed by atoms with van der Waals surface area (Å²) in [5.41, 5.74) is 4.62. The number of aryl methyl sites for hydroxylation is 1. The Balaban J connectivity index is 0.000000161. The van der Waals surface area contributed by atoms with Crippen molar-refractivity contribution >= 4 is 44.5 Å². The molecular weight excluding hydrogens is 797 g/mol. The molecule has 284 valence electrons. The molecule has 1 N–H and O–H groups in total. The number of aromatic carboxylic acids is 1. The van der Waals surface area contributed by atoms with E-state index >= 15 is 0 Å². The van der Waals surface area contributed by atoms with E-state index in [1.807, 2.05) is 6.07 Å². The predicted octanol–water partition coefficient (Wildman–Crippen LogP) is 6.04. The van der Waals surface area contributed by atoms with Gasteiger partial charge in [-0.3, -0.25) is 13.6 Å². The van der Waals surface area contributed by atoms with Crippen molar-refractivity contribution in [3.05, 3.63) is 129 Å². The van der Waals surface area contributed by atoms with Crippen LogP contribution in [0.3, 0.4) is 0 Å². The summed E-state index contributed by atoms with van der Waals surface area (Å²) in [6.07, 6.45) is 13.8. The van der Waals surface area contributed by atoms with Crippen molar-refractivity contribution in [3.63, 3.8) is 0 Å². The average molecular weight is 828 g/mol. The van der Waals surface area contributed by atoms with E-state index < -0.39 is 11.8 Å². The van der Waals surface area contributed by atoms with Crippen LogP contribution in [0.2, 0.25) is 0 Å². The zero-order chi connectivity index (χ0) is 38.7. The Morgan fingerprint density at radius 1 is 0.768 bits per heavy atom. The normalized spacial score (nSPS) is 14.1. The lowest BCUT2D eigenvalue weighted by Crippen LogP contribution is -2.03. The molecule has 2 fully saturated rings. The molecule has 0 amide bonds. The van der Waals surface area contributed by atoms with Gasteiger partial charge in [0.15, 0.2) is 17.3 Å². The number of carboxylic acid groups (broad SMARTS) is 1. The van der Waals surface area contributed by atoms with Crippen molar-refractivity contribution in [3.8, 4) is 0 Å². The Labute approximate surface area is 322 Å². The van der Waals surface area contributed by atoms with E-state index in [1.54, 1.807) is 53.5 Å². The number of carbonyl (C=O) groups excluding carboxylic acids is 1. The summed E-state index contributed by atoms with van der Waals surface area (Å²) < 4.78 is 51.4. The molecule has 0 aromatic carbocycles. The van der Waals surface area contributed by atoms with Crippen LogP contribution in [0.5, 0.6) is 0 Å². The van der Waals surface area contributed by atoms with Gasteiger partial charge in [0.25, 0.3) is 0 Å². The van der Waals surface area contributed by atoms with Gasteiger partial charge in [-0.15, -0.1) is 10.2 Å². The van der Waals surface area contributed by atoms with E-state index in [0.29, 0.717) is 50.2 Å². The van der Waals surface area contributed by atoms with E-state index in [9.17, 15) is 22.8 Å². The number of aromatic nitrogens is 12. The van der Waals surface area contributed by atoms with Crippen LogP contribution < -0.4 is 0 Å². The zero-order valence-electron chi connectivity index (χ0n) is 29.3. The summed E-state index contributed by atoms with van der Waals surface area (Å²) in [6.45, 7) is 0.491. The molecule has 8 aromatic rings. The Morgan fingerprint density at radius 3 is 1.86 bits per heavy atom. The van der Waals surface area contributed by atoms with Gasteiger partial charge in [-0.1, -0.05) is 22.6 Å². The number of carboxylic acids is 1. The van der Waals surface area contributed by atoms with Gasteiger partial charge < -0.3 is 9.51 Å². The molecule has 8 heterocycles. The first-order valence-corrected chi connectivity index (χ1v) is 18.6. The number of ketones is 1. The Hall–Kier alpha value is -6.24. The molecule has 15 nitrogen and oxygen atoms in total. The van der Waals surface area contributed by atoms with Crippen LogP contribution in [0, 0.1) is 17.7 Å². The lowest BCUT2D eigenvalue weighted by atomic mass is 10.1. The number of hydrogen-bond acceptors (Lipinski definition) is 9. The van der Waals surface area contributed by atoms with Crippen LogP contribution in [-0.4, -0.2) is 75.0 Å². The number of imidazole rings is 3. The zero-order valence-corrected chi connectivity index (χ0v) is 30.9. The van der Waals surface area contributed by atoms with E-state index in [0.717, 1.165) is 36.8 Å². The maximum absolute atomic E-state index is 14.8. The SMILES string of the molecule is O=C(CCc1ncn2ccc(Br)c(F)c12)c1cn(Cc2cn3c(F)c(C4CC4)ccc3n2)nn1.O=C(O)c1cn(Cc2cn3c(F)c(C4CC4)ccc3n2)nn1. The minimum atomic E-state index is -1.14.